The van der Waals surface area contributed by atoms with Crippen molar-refractivity contribution in [2.45, 2.75) is 110 Å². The summed E-state index contributed by atoms with van der Waals surface area (Å²) in [6.07, 6.45) is 21.2. The standard InChI is InChI=1S/C24H52N2O3S/c1-4-5-6-7-8-9-10-11-12-13-14-15-16-17-20-25-21-18-22-26(2,3)23-19-24-30(27,28)29/h25H,4-24H2,1-3H3/p+1. The molecule has 2 N–H and O–H groups in total. The van der Waals surface area contributed by atoms with E-state index in [9.17, 15) is 8.42 Å². The first-order chi connectivity index (χ1) is 14.3. The average molecular weight is 450 g/mol. The highest BCUT2D eigenvalue weighted by Crippen LogP contribution is 2.12. The number of nitrogens with one attached hydrogen (secondary N) is 1. The highest BCUT2D eigenvalue weighted by atomic mass is 32.2. The molecule has 0 aromatic rings. The van der Waals surface area contributed by atoms with Gasteiger partial charge in [0.25, 0.3) is 10.1 Å². The van der Waals surface area contributed by atoms with Crippen molar-refractivity contribution in [2.24, 2.45) is 0 Å². The number of quaternary nitrogens is 1. The Morgan fingerprint density at radius 1 is 0.633 bits per heavy atom. The Morgan fingerprint density at radius 3 is 1.50 bits per heavy atom. The van der Waals surface area contributed by atoms with E-state index < -0.39 is 10.1 Å². The number of unbranched alkanes of at least 4 members (excludes halogenated alkanes) is 13. The topological polar surface area (TPSA) is 66.4 Å². The van der Waals surface area contributed by atoms with Crippen molar-refractivity contribution < 1.29 is 17.5 Å². The number of rotatable bonds is 23. The molecule has 0 aromatic heterocycles. The van der Waals surface area contributed by atoms with Gasteiger partial charge in [0, 0.05) is 19.4 Å². The first kappa shape index (κ1) is 29.8. The molecule has 0 aliphatic heterocycles. The highest BCUT2D eigenvalue weighted by molar-refractivity contribution is 7.85. The fourth-order valence-electron chi connectivity index (χ4n) is 3.99. The van der Waals surface area contributed by atoms with E-state index in [1.165, 1.54) is 89.9 Å². The van der Waals surface area contributed by atoms with Crippen LogP contribution in [0.3, 0.4) is 0 Å². The maximum atomic E-state index is 10.8. The molecule has 0 aliphatic rings. The Bertz CT molecular complexity index is 467. The van der Waals surface area contributed by atoms with E-state index in [1.807, 2.05) is 0 Å². The molecule has 0 bridgehead atoms. The van der Waals surface area contributed by atoms with E-state index in [1.54, 1.807) is 0 Å². The quantitative estimate of drug-likeness (QED) is 0.117. The predicted molar refractivity (Wildman–Crippen MR) is 131 cm³/mol. The smallest absolute Gasteiger partial charge is 0.265 e. The highest BCUT2D eigenvalue weighted by Gasteiger charge is 2.16. The van der Waals surface area contributed by atoms with Crippen molar-refractivity contribution >= 4 is 10.1 Å². The second kappa shape index (κ2) is 19.5. The third kappa shape index (κ3) is 24.1. The minimum atomic E-state index is -3.82. The third-order valence-electron chi connectivity index (χ3n) is 5.99. The molecule has 0 amide bonds. The van der Waals surface area contributed by atoms with Gasteiger partial charge in [-0.15, -0.1) is 0 Å². The van der Waals surface area contributed by atoms with E-state index in [0.717, 1.165) is 37.1 Å². The van der Waals surface area contributed by atoms with Crippen LogP contribution >= 0.6 is 0 Å². The Hall–Kier alpha value is -0.170. The van der Waals surface area contributed by atoms with Gasteiger partial charge in [-0.2, -0.15) is 8.42 Å². The second-order valence-corrected chi connectivity index (χ2v) is 11.3. The van der Waals surface area contributed by atoms with Gasteiger partial charge in [0.2, 0.25) is 0 Å². The maximum Gasteiger partial charge on any atom is 0.265 e. The van der Waals surface area contributed by atoms with Crippen molar-refractivity contribution in [2.75, 3.05) is 46.0 Å². The van der Waals surface area contributed by atoms with Crippen LogP contribution in [-0.2, 0) is 10.1 Å². The van der Waals surface area contributed by atoms with Crippen molar-refractivity contribution in [1.82, 2.24) is 5.32 Å². The van der Waals surface area contributed by atoms with Gasteiger partial charge in [0.15, 0.2) is 0 Å². The zero-order valence-corrected chi connectivity index (χ0v) is 21.3. The Labute approximate surface area is 188 Å². The van der Waals surface area contributed by atoms with Crippen LogP contribution in [0, 0.1) is 0 Å². The van der Waals surface area contributed by atoms with Crippen LogP contribution in [0.5, 0.6) is 0 Å². The summed E-state index contributed by atoms with van der Waals surface area (Å²) in [6.45, 7) is 6.21. The molecule has 0 aromatic carbocycles. The summed E-state index contributed by atoms with van der Waals surface area (Å²) in [4.78, 5) is 0. The normalized spacial score (nSPS) is 12.5. The molecule has 182 valence electrons. The third-order valence-corrected chi connectivity index (χ3v) is 6.79. The van der Waals surface area contributed by atoms with Gasteiger partial charge < -0.3 is 9.80 Å². The first-order valence-electron chi connectivity index (χ1n) is 12.7. The van der Waals surface area contributed by atoms with Crippen LogP contribution in [0.15, 0.2) is 0 Å². The monoisotopic (exact) mass is 449 g/mol. The van der Waals surface area contributed by atoms with Gasteiger partial charge in [-0.05, 0) is 13.0 Å². The lowest BCUT2D eigenvalue weighted by molar-refractivity contribution is -0.890. The molecule has 0 saturated carbocycles. The summed E-state index contributed by atoms with van der Waals surface area (Å²) in [5.41, 5.74) is 0. The molecular weight excluding hydrogens is 396 g/mol. The Morgan fingerprint density at radius 2 is 1.03 bits per heavy atom. The van der Waals surface area contributed by atoms with Crippen molar-refractivity contribution in [3.8, 4) is 0 Å². The largest absolute Gasteiger partial charge is 0.328 e. The van der Waals surface area contributed by atoms with Crippen molar-refractivity contribution in [1.29, 1.82) is 0 Å². The molecule has 6 heteroatoms. The van der Waals surface area contributed by atoms with Crippen LogP contribution in [0.1, 0.15) is 110 Å². The van der Waals surface area contributed by atoms with Gasteiger partial charge in [-0.1, -0.05) is 90.4 Å². The summed E-state index contributed by atoms with van der Waals surface area (Å²) >= 11 is 0. The van der Waals surface area contributed by atoms with E-state index in [0.29, 0.717) is 6.42 Å². The van der Waals surface area contributed by atoms with Crippen LogP contribution in [0.4, 0.5) is 0 Å². The number of nitrogens with zero attached hydrogens (tertiary/aromatic N) is 1. The molecule has 0 radical (unpaired) electrons. The average Bonchev–Trinajstić information content (AvgIpc) is 2.65. The van der Waals surface area contributed by atoms with Gasteiger partial charge in [0.05, 0.1) is 32.9 Å². The molecule has 0 rings (SSSR count). The molecule has 30 heavy (non-hydrogen) atoms. The first-order valence-corrected chi connectivity index (χ1v) is 14.4. The summed E-state index contributed by atoms with van der Waals surface area (Å²) in [6, 6.07) is 0. The van der Waals surface area contributed by atoms with E-state index in [4.69, 9.17) is 4.55 Å². The lowest BCUT2D eigenvalue weighted by Gasteiger charge is -2.29. The minimum Gasteiger partial charge on any atom is -0.328 e. The molecule has 0 aliphatic carbocycles. The van der Waals surface area contributed by atoms with Crippen molar-refractivity contribution in [3.05, 3.63) is 0 Å². The lowest BCUT2D eigenvalue weighted by Crippen LogP contribution is -2.42. The van der Waals surface area contributed by atoms with E-state index in [2.05, 4.69) is 26.3 Å². The molecule has 5 nitrogen and oxygen atoms in total. The number of hydrogen-bond acceptors (Lipinski definition) is 3. The van der Waals surface area contributed by atoms with E-state index in [-0.39, 0.29) is 5.75 Å². The van der Waals surface area contributed by atoms with Gasteiger partial charge in [-0.25, -0.2) is 0 Å². The fraction of sp³-hybridized carbons (Fsp3) is 1.00. The van der Waals surface area contributed by atoms with Crippen molar-refractivity contribution in [3.63, 3.8) is 0 Å². The zero-order valence-electron chi connectivity index (χ0n) is 20.5. The van der Waals surface area contributed by atoms with Crippen LogP contribution in [0.2, 0.25) is 0 Å². The fourth-order valence-corrected chi connectivity index (χ4v) is 4.48. The Kier molecular flexibility index (Phi) is 19.4. The summed E-state index contributed by atoms with van der Waals surface area (Å²) in [5.74, 6) is -0.133. The summed E-state index contributed by atoms with van der Waals surface area (Å²) in [5, 5.41) is 3.54. The SMILES string of the molecule is CCCCCCCCCCCCCCCCNCCC[N+](C)(C)CCCS(=O)(=O)O. The summed E-state index contributed by atoms with van der Waals surface area (Å²) in [7, 11) is 0.423. The van der Waals surface area contributed by atoms with Crippen LogP contribution in [0.25, 0.3) is 0 Å². The van der Waals surface area contributed by atoms with Crippen LogP contribution in [-0.4, -0.2) is 63.5 Å². The molecular formula is C24H53N2O3S+. The van der Waals surface area contributed by atoms with Gasteiger partial charge >= 0.3 is 0 Å². The van der Waals surface area contributed by atoms with Gasteiger partial charge in [-0.3, -0.25) is 4.55 Å². The molecule has 0 fully saturated rings. The molecule has 0 saturated heterocycles. The molecule has 0 heterocycles. The minimum absolute atomic E-state index is 0.133. The van der Waals surface area contributed by atoms with Crippen LogP contribution < -0.4 is 5.32 Å². The van der Waals surface area contributed by atoms with E-state index >= 15 is 0 Å². The second-order valence-electron chi connectivity index (χ2n) is 9.72. The molecule has 0 spiro atoms. The number of hydrogen-bond donors (Lipinski definition) is 2. The Balaban J connectivity index is 3.27. The molecule has 0 atom stereocenters. The molecule has 0 unspecified atom stereocenters. The lowest BCUT2D eigenvalue weighted by atomic mass is 10.0. The predicted octanol–water partition coefficient (Wildman–Crippen LogP) is 5.80. The summed E-state index contributed by atoms with van der Waals surface area (Å²) < 4.78 is 31.2. The maximum absolute atomic E-state index is 10.8. The van der Waals surface area contributed by atoms with Gasteiger partial charge in [0.1, 0.15) is 0 Å². The zero-order chi connectivity index (χ0) is 22.6.